The molecule has 0 bridgehead atoms. The van der Waals surface area contributed by atoms with Crippen molar-refractivity contribution in [3.63, 3.8) is 0 Å². The van der Waals surface area contributed by atoms with Crippen molar-refractivity contribution in [2.24, 2.45) is 0 Å². The second-order valence-corrected chi connectivity index (χ2v) is 9.07. The molecule has 4 rings (SSSR count). The van der Waals surface area contributed by atoms with Crippen molar-refractivity contribution in [3.05, 3.63) is 52.5 Å². The highest BCUT2D eigenvalue weighted by Gasteiger charge is 2.57. The quantitative estimate of drug-likeness (QED) is 0.559. The number of rotatable bonds is 9. The molecule has 2 saturated heterocycles. The van der Waals surface area contributed by atoms with Gasteiger partial charge in [0.05, 0.1) is 6.61 Å². The van der Waals surface area contributed by atoms with Crippen LogP contribution in [0.1, 0.15) is 30.4 Å². The van der Waals surface area contributed by atoms with Gasteiger partial charge in [-0.3, -0.25) is 19.6 Å². The lowest BCUT2D eigenvalue weighted by atomic mass is 9.85. The van der Waals surface area contributed by atoms with Gasteiger partial charge in [0.15, 0.2) is 0 Å². The molecule has 2 aromatic heterocycles. The summed E-state index contributed by atoms with van der Waals surface area (Å²) >= 11 is 1.71. The summed E-state index contributed by atoms with van der Waals surface area (Å²) in [5.74, 6) is -0.0324. The third-order valence-corrected chi connectivity index (χ3v) is 7.11. The molecule has 4 heterocycles. The van der Waals surface area contributed by atoms with E-state index >= 15 is 0 Å². The number of pyridine rings is 1. The number of nitrogens with zero attached hydrogens (tertiary/aromatic N) is 4. The van der Waals surface area contributed by atoms with Gasteiger partial charge in [0.2, 0.25) is 0 Å². The Morgan fingerprint density at radius 1 is 1.16 bits per heavy atom. The fourth-order valence-corrected chi connectivity index (χ4v) is 5.32. The summed E-state index contributed by atoms with van der Waals surface area (Å²) < 4.78 is 5.25. The number of imide groups is 1. The lowest BCUT2D eigenvalue weighted by Crippen LogP contribution is -2.57. The third kappa shape index (κ3) is 4.66. The van der Waals surface area contributed by atoms with Crippen LogP contribution in [0, 0.1) is 0 Å². The smallest absolute Gasteiger partial charge is 0.327 e. The van der Waals surface area contributed by atoms with Crippen LogP contribution in [0.25, 0.3) is 0 Å². The number of carbonyl (C=O) groups is 2. The monoisotopic (exact) mass is 442 g/mol. The van der Waals surface area contributed by atoms with Crippen LogP contribution in [0.3, 0.4) is 0 Å². The van der Waals surface area contributed by atoms with Crippen LogP contribution in [0.15, 0.2) is 41.4 Å². The van der Waals surface area contributed by atoms with Crippen LogP contribution >= 0.6 is 11.3 Å². The van der Waals surface area contributed by atoms with Crippen molar-refractivity contribution in [1.82, 2.24) is 19.7 Å². The highest BCUT2D eigenvalue weighted by molar-refractivity contribution is 7.07. The average molecular weight is 443 g/mol. The minimum absolute atomic E-state index is 0.0324. The first-order valence-electron chi connectivity index (χ1n) is 10.9. The Morgan fingerprint density at radius 3 is 2.68 bits per heavy atom. The maximum atomic E-state index is 13.5. The van der Waals surface area contributed by atoms with Crippen molar-refractivity contribution in [1.29, 1.82) is 0 Å². The molecule has 0 saturated carbocycles. The van der Waals surface area contributed by atoms with E-state index in [1.165, 1.54) is 10.5 Å². The maximum absolute atomic E-state index is 13.5. The van der Waals surface area contributed by atoms with Gasteiger partial charge in [-0.05, 0) is 59.7 Å². The van der Waals surface area contributed by atoms with E-state index < -0.39 is 5.54 Å². The molecule has 2 fully saturated rings. The number of urea groups is 1. The number of thiophene rings is 1. The average Bonchev–Trinajstić information content (AvgIpc) is 3.37. The Labute approximate surface area is 187 Å². The molecule has 0 radical (unpaired) electrons. The molecule has 7 nitrogen and oxygen atoms in total. The van der Waals surface area contributed by atoms with Gasteiger partial charge in [-0.25, -0.2) is 4.79 Å². The normalized spacial score (nSPS) is 19.0. The topological polar surface area (TPSA) is 66.0 Å². The van der Waals surface area contributed by atoms with Crippen molar-refractivity contribution in [3.8, 4) is 0 Å². The number of likely N-dealkylation sites (tertiary alicyclic amines) is 1. The van der Waals surface area contributed by atoms with E-state index in [1.807, 2.05) is 18.3 Å². The fraction of sp³-hybridized carbons (Fsp3) is 0.522. The van der Waals surface area contributed by atoms with Crippen LogP contribution in [0.5, 0.6) is 0 Å². The fourth-order valence-electron chi connectivity index (χ4n) is 4.66. The Hall–Kier alpha value is -2.29. The molecule has 0 atom stereocenters. The molecule has 0 unspecified atom stereocenters. The number of hydrogen-bond acceptors (Lipinski definition) is 6. The zero-order valence-corrected chi connectivity index (χ0v) is 18.9. The van der Waals surface area contributed by atoms with E-state index in [2.05, 4.69) is 26.7 Å². The third-order valence-electron chi connectivity index (χ3n) is 6.38. The molecule has 0 aromatic carbocycles. The summed E-state index contributed by atoms with van der Waals surface area (Å²) in [7, 11) is 1.63. The number of methoxy groups -OCH3 is 1. The first kappa shape index (κ1) is 21.9. The molecule has 166 valence electrons. The van der Waals surface area contributed by atoms with Crippen molar-refractivity contribution in [2.75, 3.05) is 39.9 Å². The van der Waals surface area contributed by atoms with Crippen LogP contribution in [0.2, 0.25) is 0 Å². The molecule has 1 spiro atoms. The molecule has 0 N–H and O–H groups in total. The molecule has 3 amide bonds. The van der Waals surface area contributed by atoms with Crippen LogP contribution in [-0.4, -0.2) is 77.1 Å². The number of ether oxygens (including phenoxy) is 1. The molecule has 8 heteroatoms. The Balaban J connectivity index is 1.42. The highest BCUT2D eigenvalue weighted by Crippen LogP contribution is 2.37. The predicted octanol–water partition coefficient (Wildman–Crippen LogP) is 3.02. The van der Waals surface area contributed by atoms with Gasteiger partial charge in [-0.15, -0.1) is 0 Å². The number of carbonyl (C=O) groups excluding carboxylic acids is 2. The number of aromatic nitrogens is 1. The summed E-state index contributed by atoms with van der Waals surface area (Å²) in [6, 6.07) is 5.91. The molecule has 2 aromatic rings. The van der Waals surface area contributed by atoms with E-state index in [0.29, 0.717) is 32.5 Å². The molecular weight excluding hydrogens is 412 g/mol. The Morgan fingerprint density at radius 2 is 2.00 bits per heavy atom. The standard InChI is InChI=1S/C23H30N4O3S/c1-30-14-13-27-22(29)26(10-3-5-19-4-2-9-24-16-19)21(28)23(27)7-11-25(12-8-23)17-20-6-15-31-18-20/h2,4,6,9,15-16,18H,3,5,7-8,10-14,17H2,1H3. The Bertz CT molecular complexity index is 866. The SMILES string of the molecule is COCCN1C(=O)N(CCCc2cccnc2)C(=O)C12CCN(Cc1ccsc1)CC2. The zero-order valence-electron chi connectivity index (χ0n) is 18.0. The lowest BCUT2D eigenvalue weighted by molar-refractivity contribution is -0.136. The van der Waals surface area contributed by atoms with Crippen LogP contribution in [0.4, 0.5) is 4.79 Å². The van der Waals surface area contributed by atoms with Gasteiger partial charge in [-0.1, -0.05) is 6.07 Å². The number of amides is 3. The van der Waals surface area contributed by atoms with E-state index in [1.54, 1.807) is 29.5 Å². The summed E-state index contributed by atoms with van der Waals surface area (Å²) in [4.78, 5) is 36.5. The van der Waals surface area contributed by atoms with Gasteiger partial charge in [0, 0.05) is 52.2 Å². The molecule has 31 heavy (non-hydrogen) atoms. The maximum Gasteiger partial charge on any atom is 0.327 e. The first-order valence-corrected chi connectivity index (χ1v) is 11.8. The summed E-state index contributed by atoms with van der Waals surface area (Å²) in [6.07, 6.45) is 6.46. The van der Waals surface area contributed by atoms with Gasteiger partial charge >= 0.3 is 6.03 Å². The highest BCUT2D eigenvalue weighted by atomic mass is 32.1. The second kappa shape index (κ2) is 9.89. The van der Waals surface area contributed by atoms with E-state index in [4.69, 9.17) is 4.74 Å². The molecule has 2 aliphatic rings. The molecule has 0 aliphatic carbocycles. The zero-order chi connectivity index (χ0) is 21.7. The molecular formula is C23H30N4O3S. The summed E-state index contributed by atoms with van der Waals surface area (Å²) in [6.45, 7) is 3.84. The molecule has 2 aliphatic heterocycles. The minimum Gasteiger partial charge on any atom is -0.383 e. The number of aryl methyl sites for hydroxylation is 1. The lowest BCUT2D eigenvalue weighted by Gasteiger charge is -2.42. The Kier molecular flexibility index (Phi) is 6.99. The largest absolute Gasteiger partial charge is 0.383 e. The second-order valence-electron chi connectivity index (χ2n) is 8.29. The van der Waals surface area contributed by atoms with Crippen LogP contribution < -0.4 is 0 Å². The summed E-state index contributed by atoms with van der Waals surface area (Å²) in [5, 5.41) is 4.26. The van der Waals surface area contributed by atoms with Crippen molar-refractivity contribution >= 4 is 23.3 Å². The van der Waals surface area contributed by atoms with Crippen molar-refractivity contribution in [2.45, 2.75) is 37.8 Å². The van der Waals surface area contributed by atoms with Gasteiger partial charge in [-0.2, -0.15) is 11.3 Å². The first-order chi connectivity index (χ1) is 15.1. The number of hydrogen-bond donors (Lipinski definition) is 0. The summed E-state index contributed by atoms with van der Waals surface area (Å²) in [5.41, 5.74) is 1.70. The van der Waals surface area contributed by atoms with Crippen molar-refractivity contribution < 1.29 is 14.3 Å². The van der Waals surface area contributed by atoms with Crippen LogP contribution in [-0.2, 0) is 22.5 Å². The van der Waals surface area contributed by atoms with E-state index in [0.717, 1.165) is 38.0 Å². The van der Waals surface area contributed by atoms with E-state index in [-0.39, 0.29) is 11.9 Å². The minimum atomic E-state index is -0.727. The van der Waals surface area contributed by atoms with Gasteiger partial charge in [0.25, 0.3) is 5.91 Å². The van der Waals surface area contributed by atoms with Gasteiger partial charge in [0.1, 0.15) is 5.54 Å². The van der Waals surface area contributed by atoms with E-state index in [9.17, 15) is 9.59 Å². The van der Waals surface area contributed by atoms with Gasteiger partial charge < -0.3 is 9.64 Å². The predicted molar refractivity (Wildman–Crippen MR) is 120 cm³/mol. The number of piperidine rings is 1.